The number of hydrogen-bond donors (Lipinski definition) is 1. The van der Waals surface area contributed by atoms with Gasteiger partial charge in [0.2, 0.25) is 0 Å². The van der Waals surface area contributed by atoms with Crippen LogP contribution < -0.4 is 5.32 Å². The highest BCUT2D eigenvalue weighted by atomic mass is 32.3. The molecule has 230 valence electrons. The number of benzene rings is 1. The number of hydrogen-bond acceptors (Lipinski definition) is 6. The van der Waals surface area contributed by atoms with Gasteiger partial charge < -0.3 is 18.7 Å². The van der Waals surface area contributed by atoms with Crippen LogP contribution in [-0.2, 0) is 30.3 Å². The standard InChI is InChI=1S/C21H32N2O2.C2F6NO4S2/c1-17(2)18-10-9-11-19(16-18)21(3,4)22-20(24)25-15-14-23(5)12-7-6-8-13-23;3-1(4,5)14(10,11)9-15(12,13)2(6,7)8/h9-11,16H,1,6-8,12-15H2,2-5H3;/q;-1/p+1. The Bertz CT molecular complexity index is 1210. The summed E-state index contributed by atoms with van der Waals surface area (Å²) in [4.78, 5) is 12.2. The minimum absolute atomic E-state index is 0.352. The van der Waals surface area contributed by atoms with Crippen molar-refractivity contribution in [3.8, 4) is 0 Å². The van der Waals surface area contributed by atoms with Gasteiger partial charge in [-0.1, -0.05) is 30.4 Å². The number of alkyl carbamates (subject to hydrolysis) is 1. The molecule has 1 aliphatic heterocycles. The molecule has 1 heterocycles. The van der Waals surface area contributed by atoms with E-state index in [1.807, 2.05) is 39.0 Å². The SMILES string of the molecule is C=C(C)c1cccc(C(C)(C)NC(=O)OCC[N+]2(C)CCCCC2)c1.O=S(=O)([N-]S(=O)(=O)C(F)(F)F)C(F)(F)F. The number of rotatable bonds is 8. The summed E-state index contributed by atoms with van der Waals surface area (Å²) in [5.74, 6) is 0. The van der Waals surface area contributed by atoms with Crippen LogP contribution in [0.5, 0.6) is 0 Å². The Hall–Kier alpha value is -2.37. The maximum absolute atomic E-state index is 12.2. The number of likely N-dealkylation sites (tertiary alicyclic amines) is 1. The first-order chi connectivity index (χ1) is 17.9. The second-order valence-corrected chi connectivity index (χ2v) is 13.4. The van der Waals surface area contributed by atoms with Gasteiger partial charge in [-0.05, 0) is 57.2 Å². The van der Waals surface area contributed by atoms with Crippen LogP contribution in [0.2, 0.25) is 0 Å². The van der Waals surface area contributed by atoms with Crippen molar-refractivity contribution in [3.05, 3.63) is 46.1 Å². The second-order valence-electron chi connectivity index (χ2n) is 10.0. The topological polar surface area (TPSA) is 121 Å². The predicted octanol–water partition coefficient (Wildman–Crippen LogP) is 5.37. The van der Waals surface area contributed by atoms with E-state index in [-0.39, 0.29) is 6.09 Å². The van der Waals surface area contributed by atoms with Crippen LogP contribution in [0, 0.1) is 0 Å². The summed E-state index contributed by atoms with van der Waals surface area (Å²) in [5.41, 5.74) is -9.76. The molecule has 1 fully saturated rings. The number of carbonyl (C=O) groups excluding carboxylic acids is 1. The first-order valence-electron chi connectivity index (χ1n) is 11.8. The van der Waals surface area contributed by atoms with E-state index in [1.165, 1.54) is 32.4 Å². The molecule has 0 atom stereocenters. The van der Waals surface area contributed by atoms with E-state index in [9.17, 15) is 48.0 Å². The third-order valence-corrected chi connectivity index (χ3v) is 8.77. The van der Waals surface area contributed by atoms with Crippen molar-refractivity contribution in [2.24, 2.45) is 0 Å². The maximum Gasteiger partial charge on any atom is 0.480 e. The minimum atomic E-state index is -6.72. The van der Waals surface area contributed by atoms with Gasteiger partial charge >= 0.3 is 17.1 Å². The van der Waals surface area contributed by atoms with Gasteiger partial charge in [-0.25, -0.2) is 21.6 Å². The lowest BCUT2D eigenvalue weighted by molar-refractivity contribution is -0.914. The van der Waals surface area contributed by atoms with Crippen molar-refractivity contribution >= 4 is 31.7 Å². The highest BCUT2D eigenvalue weighted by molar-refractivity contribution is 8.13. The van der Waals surface area contributed by atoms with E-state index in [1.54, 1.807) is 0 Å². The molecule has 9 nitrogen and oxygen atoms in total. The third kappa shape index (κ3) is 10.6. The number of likely N-dealkylation sites (N-methyl/N-ethyl adjacent to an activating group) is 1. The zero-order chi connectivity index (χ0) is 31.2. The number of allylic oxidation sites excluding steroid dienone is 1. The summed E-state index contributed by atoms with van der Waals surface area (Å²) in [7, 11) is -11.2. The van der Waals surface area contributed by atoms with Crippen molar-refractivity contribution in [3.63, 3.8) is 0 Å². The molecule has 0 aromatic heterocycles. The lowest BCUT2D eigenvalue weighted by atomic mass is 9.92. The van der Waals surface area contributed by atoms with Gasteiger partial charge in [0, 0.05) is 0 Å². The molecule has 0 unspecified atom stereocenters. The fourth-order valence-electron chi connectivity index (χ4n) is 3.61. The number of sulfonamides is 2. The summed E-state index contributed by atoms with van der Waals surface area (Å²) >= 11 is 0. The number of nitrogens with zero attached hydrogens (tertiary/aromatic N) is 2. The van der Waals surface area contributed by atoms with Crippen LogP contribution in [0.1, 0.15) is 51.2 Å². The molecule has 1 aromatic carbocycles. The number of halogens is 6. The molecule has 0 radical (unpaired) electrons. The molecule has 0 bridgehead atoms. The van der Waals surface area contributed by atoms with Crippen molar-refractivity contribution in [1.29, 1.82) is 0 Å². The molecule has 1 aliphatic rings. The summed E-state index contributed by atoms with van der Waals surface area (Å²) in [6.07, 6.45) is 3.52. The molecule has 0 saturated carbocycles. The molecule has 40 heavy (non-hydrogen) atoms. The van der Waals surface area contributed by atoms with E-state index in [0.717, 1.165) is 31.9 Å². The zero-order valence-electron chi connectivity index (χ0n) is 22.4. The van der Waals surface area contributed by atoms with Crippen LogP contribution in [0.4, 0.5) is 31.1 Å². The lowest BCUT2D eigenvalue weighted by Gasteiger charge is -2.37. The fraction of sp³-hybridized carbons (Fsp3) is 0.609. The van der Waals surface area contributed by atoms with E-state index in [4.69, 9.17) is 4.74 Å². The molecule has 0 spiro atoms. The monoisotopic (exact) mass is 625 g/mol. The van der Waals surface area contributed by atoms with E-state index < -0.39 is 36.6 Å². The largest absolute Gasteiger partial charge is 0.480 e. The molecule has 1 N–H and O–H groups in total. The number of ether oxygens (including phenoxy) is 1. The summed E-state index contributed by atoms with van der Waals surface area (Å²) in [6.45, 7) is 13.7. The van der Waals surface area contributed by atoms with Gasteiger partial charge in [0.05, 0.1) is 25.7 Å². The Morgan fingerprint density at radius 1 is 1.00 bits per heavy atom. The van der Waals surface area contributed by atoms with Crippen molar-refractivity contribution in [2.45, 2.75) is 56.6 Å². The van der Waals surface area contributed by atoms with Gasteiger partial charge in [0.15, 0.2) is 20.0 Å². The van der Waals surface area contributed by atoms with Gasteiger partial charge in [-0.2, -0.15) is 26.3 Å². The van der Waals surface area contributed by atoms with Crippen molar-refractivity contribution in [1.82, 2.24) is 5.32 Å². The van der Waals surface area contributed by atoms with Crippen LogP contribution in [0.15, 0.2) is 30.8 Å². The first-order valence-corrected chi connectivity index (χ1v) is 14.7. The number of quaternary nitrogens is 1. The van der Waals surface area contributed by atoms with Crippen LogP contribution >= 0.6 is 0 Å². The highest BCUT2D eigenvalue weighted by Crippen LogP contribution is 2.36. The molecular weight excluding hydrogens is 592 g/mol. The maximum atomic E-state index is 12.2. The van der Waals surface area contributed by atoms with E-state index in [0.29, 0.717) is 6.61 Å². The number of carbonyl (C=O) groups is 1. The number of piperidine rings is 1. The van der Waals surface area contributed by atoms with Crippen molar-refractivity contribution < 1.29 is 57.2 Å². The van der Waals surface area contributed by atoms with Crippen LogP contribution in [-0.4, -0.2) is 71.7 Å². The molecule has 1 aromatic rings. The minimum Gasteiger partial charge on any atom is -0.444 e. The predicted molar refractivity (Wildman–Crippen MR) is 137 cm³/mol. The Morgan fingerprint density at radius 3 is 1.95 bits per heavy atom. The van der Waals surface area contributed by atoms with E-state index in [2.05, 4.69) is 25.0 Å². The quantitative estimate of drug-likeness (QED) is 0.306. The van der Waals surface area contributed by atoms with Gasteiger partial charge in [-0.15, -0.1) is 0 Å². The summed E-state index contributed by atoms with van der Waals surface area (Å²) < 4.78 is 116. The Morgan fingerprint density at radius 2 is 1.50 bits per heavy atom. The van der Waals surface area contributed by atoms with Gasteiger partial charge in [-0.3, -0.25) is 0 Å². The zero-order valence-corrected chi connectivity index (χ0v) is 24.0. The molecule has 2 rings (SSSR count). The molecule has 0 aliphatic carbocycles. The van der Waals surface area contributed by atoms with Crippen LogP contribution in [0.25, 0.3) is 9.70 Å². The molecule has 1 amide bonds. The van der Waals surface area contributed by atoms with Crippen LogP contribution in [0.3, 0.4) is 0 Å². The number of nitrogens with one attached hydrogen (secondary N) is 1. The Labute approximate surface area is 230 Å². The number of amides is 1. The fourth-order valence-corrected chi connectivity index (χ4v) is 5.32. The highest BCUT2D eigenvalue weighted by Gasteiger charge is 2.47. The second kappa shape index (κ2) is 13.1. The van der Waals surface area contributed by atoms with E-state index >= 15 is 0 Å². The third-order valence-electron chi connectivity index (χ3n) is 6.03. The first kappa shape index (κ1) is 35.7. The van der Waals surface area contributed by atoms with Gasteiger partial charge in [0.1, 0.15) is 13.2 Å². The molecule has 17 heteroatoms. The number of alkyl halides is 6. The smallest absolute Gasteiger partial charge is 0.444 e. The normalized spacial score (nSPS) is 16.4. The molecule has 1 saturated heterocycles. The molecular formula is C23H33F6N3O6S2. The summed E-state index contributed by atoms with van der Waals surface area (Å²) in [5, 5.41) is 2.99. The Kier molecular flexibility index (Phi) is 11.7. The van der Waals surface area contributed by atoms with Gasteiger partial charge in [0.25, 0.3) is 0 Å². The average molecular weight is 626 g/mol. The average Bonchev–Trinajstić information content (AvgIpc) is 2.77. The lowest BCUT2D eigenvalue weighted by Crippen LogP contribution is -2.50. The summed E-state index contributed by atoms with van der Waals surface area (Å²) in [6, 6.07) is 8.12. The Balaban J connectivity index is 0.000000459. The van der Waals surface area contributed by atoms with Crippen molar-refractivity contribution in [2.75, 3.05) is 33.3 Å².